The number of nitrogens with two attached hydrogens (primary N) is 1. The fraction of sp³-hybridized carbons (Fsp3) is 0.125. The van der Waals surface area contributed by atoms with Crippen LogP contribution in [0.5, 0.6) is 6.01 Å². The summed E-state index contributed by atoms with van der Waals surface area (Å²) in [6.07, 6.45) is 7.82. The van der Waals surface area contributed by atoms with Gasteiger partial charge in [-0.15, -0.1) is 6.42 Å². The van der Waals surface area contributed by atoms with Crippen LogP contribution in [0.2, 0.25) is 0 Å². The van der Waals surface area contributed by atoms with Crippen LogP contribution in [0.25, 0.3) is 5.95 Å². The molecule has 2 N–H and O–H groups in total. The zero-order valence-corrected chi connectivity index (χ0v) is 8.11. The third-order valence-corrected chi connectivity index (χ3v) is 1.53. The molecule has 16 heavy (non-hydrogen) atoms. The van der Waals surface area contributed by atoms with E-state index < -0.39 is 0 Å². The molecule has 8 nitrogen and oxygen atoms in total. The molecule has 80 valence electrons. The quantitative estimate of drug-likeness (QED) is 0.660. The lowest BCUT2D eigenvalue weighted by atomic mass is 10.7. The van der Waals surface area contributed by atoms with E-state index in [9.17, 15) is 0 Å². The fourth-order valence-electron chi connectivity index (χ4n) is 0.946. The van der Waals surface area contributed by atoms with Gasteiger partial charge in [0.1, 0.15) is 12.7 Å². The predicted molar refractivity (Wildman–Crippen MR) is 53.5 cm³/mol. The SMILES string of the molecule is C#CCOc1nc(N)nc(-n2cncn2)n1. The molecule has 0 spiro atoms. The maximum absolute atomic E-state index is 5.48. The molecule has 0 bridgehead atoms. The normalized spacial score (nSPS) is 9.69. The average Bonchev–Trinajstić information content (AvgIpc) is 2.79. The summed E-state index contributed by atoms with van der Waals surface area (Å²) >= 11 is 0. The Hall–Kier alpha value is -2.69. The lowest BCUT2D eigenvalue weighted by Gasteiger charge is -2.03. The number of nitrogen functional groups attached to an aromatic ring is 1. The van der Waals surface area contributed by atoms with Gasteiger partial charge in [0, 0.05) is 0 Å². The first-order valence-electron chi connectivity index (χ1n) is 4.22. The summed E-state index contributed by atoms with van der Waals surface area (Å²) in [6, 6.07) is 0.0518. The summed E-state index contributed by atoms with van der Waals surface area (Å²) in [4.78, 5) is 15.3. The van der Waals surface area contributed by atoms with E-state index in [4.69, 9.17) is 16.9 Å². The minimum atomic E-state index is 0.0209. The molecule has 8 heteroatoms. The number of hydrogen-bond donors (Lipinski definition) is 1. The highest BCUT2D eigenvalue weighted by atomic mass is 16.5. The molecule has 2 aromatic rings. The van der Waals surface area contributed by atoms with Crippen LogP contribution in [0, 0.1) is 12.3 Å². The third kappa shape index (κ3) is 2.03. The van der Waals surface area contributed by atoms with Crippen LogP contribution >= 0.6 is 0 Å². The van der Waals surface area contributed by atoms with E-state index in [1.807, 2.05) is 0 Å². The molecule has 0 unspecified atom stereocenters. The van der Waals surface area contributed by atoms with Gasteiger partial charge < -0.3 is 10.5 Å². The van der Waals surface area contributed by atoms with Crippen molar-refractivity contribution in [3.8, 4) is 24.3 Å². The Labute approximate surface area is 90.5 Å². The number of rotatable bonds is 3. The van der Waals surface area contributed by atoms with Gasteiger partial charge >= 0.3 is 6.01 Å². The summed E-state index contributed by atoms with van der Waals surface area (Å²) in [5.41, 5.74) is 5.48. The first-order valence-corrected chi connectivity index (χ1v) is 4.22. The number of nitrogens with zero attached hydrogens (tertiary/aromatic N) is 6. The van der Waals surface area contributed by atoms with Crippen LogP contribution < -0.4 is 10.5 Å². The van der Waals surface area contributed by atoms with E-state index in [1.54, 1.807) is 0 Å². The van der Waals surface area contributed by atoms with Gasteiger partial charge in [-0.2, -0.15) is 24.7 Å². The molecule has 0 aliphatic rings. The number of hydrogen-bond acceptors (Lipinski definition) is 7. The van der Waals surface area contributed by atoms with Crippen molar-refractivity contribution >= 4 is 5.95 Å². The molecule has 0 atom stereocenters. The smallest absolute Gasteiger partial charge is 0.324 e. The van der Waals surface area contributed by atoms with E-state index in [-0.39, 0.29) is 24.5 Å². The Morgan fingerprint density at radius 2 is 2.31 bits per heavy atom. The molecule has 2 heterocycles. The van der Waals surface area contributed by atoms with Gasteiger partial charge in [-0.05, 0) is 0 Å². The predicted octanol–water partition coefficient (Wildman–Crippen LogP) is -0.954. The summed E-state index contributed by atoms with van der Waals surface area (Å²) in [6.45, 7) is 0.0558. The molecule has 0 aliphatic heterocycles. The average molecular weight is 217 g/mol. The van der Waals surface area contributed by atoms with Gasteiger partial charge in [0.15, 0.2) is 6.61 Å². The second-order valence-electron chi connectivity index (χ2n) is 2.61. The molecule has 0 amide bonds. The lowest BCUT2D eigenvalue weighted by Crippen LogP contribution is -2.09. The Morgan fingerprint density at radius 3 is 3.00 bits per heavy atom. The van der Waals surface area contributed by atoms with E-state index in [0.717, 1.165) is 0 Å². The van der Waals surface area contributed by atoms with Crippen molar-refractivity contribution in [1.29, 1.82) is 0 Å². The molecule has 0 radical (unpaired) electrons. The molecule has 0 saturated carbocycles. The Kier molecular flexibility index (Phi) is 2.60. The summed E-state index contributed by atoms with van der Waals surface area (Å²) in [5.74, 6) is 2.53. The fourth-order valence-corrected chi connectivity index (χ4v) is 0.946. The molecule has 0 aliphatic carbocycles. The minimum Gasteiger partial charge on any atom is -0.450 e. The molecule has 2 rings (SSSR count). The highest BCUT2D eigenvalue weighted by Gasteiger charge is 2.07. The first kappa shape index (κ1) is 9.85. The Morgan fingerprint density at radius 1 is 1.44 bits per heavy atom. The van der Waals surface area contributed by atoms with Gasteiger partial charge in [-0.25, -0.2) is 4.98 Å². The van der Waals surface area contributed by atoms with Crippen LogP contribution in [0.3, 0.4) is 0 Å². The summed E-state index contributed by atoms with van der Waals surface area (Å²) in [5, 5.41) is 3.85. The zero-order valence-electron chi connectivity index (χ0n) is 8.11. The van der Waals surface area contributed by atoms with Gasteiger partial charge in [0.2, 0.25) is 5.95 Å². The van der Waals surface area contributed by atoms with Gasteiger partial charge in [0.25, 0.3) is 5.95 Å². The van der Waals surface area contributed by atoms with Gasteiger partial charge in [0.05, 0.1) is 0 Å². The largest absolute Gasteiger partial charge is 0.450 e. The Bertz CT molecular complexity index is 516. The Balaban J connectivity index is 2.33. The maximum Gasteiger partial charge on any atom is 0.324 e. The molecule has 2 aromatic heterocycles. The monoisotopic (exact) mass is 217 g/mol. The summed E-state index contributed by atoms with van der Waals surface area (Å²) in [7, 11) is 0. The van der Waals surface area contributed by atoms with Crippen molar-refractivity contribution in [2.24, 2.45) is 0 Å². The van der Waals surface area contributed by atoms with Crippen LogP contribution in [0.4, 0.5) is 5.95 Å². The lowest BCUT2D eigenvalue weighted by molar-refractivity contribution is 0.338. The summed E-state index contributed by atoms with van der Waals surface area (Å²) < 4.78 is 6.37. The van der Waals surface area contributed by atoms with E-state index in [0.29, 0.717) is 0 Å². The molecule has 0 aromatic carbocycles. The highest BCUT2D eigenvalue weighted by Crippen LogP contribution is 2.07. The van der Waals surface area contributed by atoms with Crippen LogP contribution in [-0.2, 0) is 0 Å². The molecular formula is C8H7N7O. The topological polar surface area (TPSA) is 105 Å². The number of aromatic nitrogens is 6. The highest BCUT2D eigenvalue weighted by molar-refractivity contribution is 5.24. The number of anilines is 1. The van der Waals surface area contributed by atoms with E-state index >= 15 is 0 Å². The van der Waals surface area contributed by atoms with Crippen molar-refractivity contribution in [2.75, 3.05) is 12.3 Å². The minimum absolute atomic E-state index is 0.0209. The van der Waals surface area contributed by atoms with E-state index in [2.05, 4.69) is 31.0 Å². The van der Waals surface area contributed by atoms with Gasteiger partial charge in [-0.3, -0.25) is 0 Å². The third-order valence-electron chi connectivity index (χ3n) is 1.53. The molecule has 0 saturated heterocycles. The first-order chi connectivity index (χ1) is 7.79. The van der Waals surface area contributed by atoms with Crippen molar-refractivity contribution in [3.05, 3.63) is 12.7 Å². The van der Waals surface area contributed by atoms with Crippen molar-refractivity contribution in [2.45, 2.75) is 0 Å². The van der Waals surface area contributed by atoms with E-state index in [1.165, 1.54) is 17.3 Å². The van der Waals surface area contributed by atoms with Crippen LogP contribution in [-0.4, -0.2) is 36.3 Å². The van der Waals surface area contributed by atoms with Crippen molar-refractivity contribution in [3.63, 3.8) is 0 Å². The molecular weight excluding hydrogens is 210 g/mol. The molecule has 0 fully saturated rings. The second-order valence-corrected chi connectivity index (χ2v) is 2.61. The van der Waals surface area contributed by atoms with Crippen LogP contribution in [0.1, 0.15) is 0 Å². The second kappa shape index (κ2) is 4.22. The number of terminal acetylenes is 1. The zero-order chi connectivity index (χ0) is 11.4. The van der Waals surface area contributed by atoms with Gasteiger partial charge in [-0.1, -0.05) is 5.92 Å². The number of ether oxygens (including phenoxy) is 1. The van der Waals surface area contributed by atoms with Crippen molar-refractivity contribution in [1.82, 2.24) is 29.7 Å². The maximum atomic E-state index is 5.48. The standard InChI is InChI=1S/C8H7N7O/c1-2-3-16-8-13-6(9)12-7(14-8)15-5-10-4-11-15/h1,4-5H,3H2,(H2,9,12,13,14). The van der Waals surface area contributed by atoms with Crippen LogP contribution in [0.15, 0.2) is 12.7 Å². The van der Waals surface area contributed by atoms with Crippen molar-refractivity contribution < 1.29 is 4.74 Å².